The van der Waals surface area contributed by atoms with Gasteiger partial charge in [0.1, 0.15) is 5.75 Å². The molecule has 0 aliphatic rings. The molecule has 0 spiro atoms. The van der Waals surface area contributed by atoms with Crippen LogP contribution < -0.4 is 0 Å². The van der Waals surface area contributed by atoms with Crippen molar-refractivity contribution >= 4 is 11.5 Å². The first-order valence-electron chi connectivity index (χ1n) is 5.21. The van der Waals surface area contributed by atoms with Crippen molar-refractivity contribution in [2.75, 3.05) is 13.7 Å². The molecule has 0 aromatic heterocycles. The maximum absolute atomic E-state index is 11.6. The highest BCUT2D eigenvalue weighted by Crippen LogP contribution is 2.27. The Bertz CT molecular complexity index is 461. The summed E-state index contributed by atoms with van der Waals surface area (Å²) in [6.07, 6.45) is 1.57. The topological polar surface area (TPSA) is 66.8 Å². The molecular formula is C13H16O4. The Morgan fingerprint density at radius 2 is 2.06 bits per heavy atom. The molecule has 0 aliphatic carbocycles. The number of ether oxygens (including phenoxy) is 1. The Kier molecular flexibility index (Phi) is 4.29. The molecule has 2 N–H and O–H groups in total. The molecule has 0 amide bonds. The predicted molar refractivity (Wildman–Crippen MR) is 64.9 cm³/mol. The molecule has 0 saturated carbocycles. The van der Waals surface area contributed by atoms with E-state index in [0.717, 1.165) is 0 Å². The Labute approximate surface area is 100 Å². The lowest BCUT2D eigenvalue weighted by Gasteiger charge is -2.11. The van der Waals surface area contributed by atoms with Crippen LogP contribution in [0.3, 0.4) is 0 Å². The van der Waals surface area contributed by atoms with Gasteiger partial charge in [0.2, 0.25) is 0 Å². The van der Waals surface area contributed by atoms with Gasteiger partial charge in [0.05, 0.1) is 19.3 Å². The van der Waals surface area contributed by atoms with Gasteiger partial charge in [0.25, 0.3) is 0 Å². The Morgan fingerprint density at radius 3 is 2.59 bits per heavy atom. The fourth-order valence-electron chi connectivity index (χ4n) is 1.55. The highest BCUT2D eigenvalue weighted by atomic mass is 16.5. The van der Waals surface area contributed by atoms with E-state index in [1.165, 1.54) is 13.2 Å². The molecule has 4 heteroatoms. The van der Waals surface area contributed by atoms with Gasteiger partial charge in [-0.1, -0.05) is 6.08 Å². The number of aromatic hydroxyl groups is 1. The maximum atomic E-state index is 11.6. The number of aryl methyl sites for hydroxylation is 1. The van der Waals surface area contributed by atoms with E-state index in [0.29, 0.717) is 22.3 Å². The summed E-state index contributed by atoms with van der Waals surface area (Å²) in [7, 11) is 1.30. The molecule has 1 aromatic rings. The first-order valence-corrected chi connectivity index (χ1v) is 5.21. The number of phenolic OH excluding ortho intramolecular Hbond substituents is 1. The quantitative estimate of drug-likeness (QED) is 0.786. The number of esters is 1. The Hall–Kier alpha value is -1.81. The van der Waals surface area contributed by atoms with Crippen molar-refractivity contribution in [2.45, 2.75) is 13.8 Å². The summed E-state index contributed by atoms with van der Waals surface area (Å²) in [5.41, 5.74) is 2.26. The molecule has 1 aromatic carbocycles. The molecule has 0 bridgehead atoms. The van der Waals surface area contributed by atoms with Gasteiger partial charge in [-0.2, -0.15) is 0 Å². The first kappa shape index (κ1) is 13.3. The molecular weight excluding hydrogens is 220 g/mol. The van der Waals surface area contributed by atoms with Crippen molar-refractivity contribution in [1.29, 1.82) is 0 Å². The van der Waals surface area contributed by atoms with Crippen LogP contribution in [0.25, 0.3) is 5.57 Å². The fourth-order valence-corrected chi connectivity index (χ4v) is 1.55. The lowest BCUT2D eigenvalue weighted by molar-refractivity contribution is 0.0600. The van der Waals surface area contributed by atoms with Gasteiger partial charge in [-0.15, -0.1) is 0 Å². The number of hydrogen-bond donors (Lipinski definition) is 2. The van der Waals surface area contributed by atoms with Crippen LogP contribution in [0.1, 0.15) is 28.4 Å². The van der Waals surface area contributed by atoms with Crippen LogP contribution in [-0.4, -0.2) is 29.9 Å². The van der Waals surface area contributed by atoms with Crippen LogP contribution in [-0.2, 0) is 4.74 Å². The number of phenols is 1. The number of benzene rings is 1. The molecule has 17 heavy (non-hydrogen) atoms. The van der Waals surface area contributed by atoms with E-state index in [2.05, 4.69) is 4.74 Å². The van der Waals surface area contributed by atoms with Crippen molar-refractivity contribution in [3.05, 3.63) is 34.9 Å². The minimum absolute atomic E-state index is 0.110. The van der Waals surface area contributed by atoms with E-state index in [1.54, 1.807) is 26.0 Å². The largest absolute Gasteiger partial charge is 0.508 e. The number of aliphatic hydroxyl groups is 1. The maximum Gasteiger partial charge on any atom is 0.338 e. The van der Waals surface area contributed by atoms with Crippen molar-refractivity contribution in [2.24, 2.45) is 0 Å². The molecule has 0 atom stereocenters. The standard InChI is InChI=1S/C13H16O4/c1-8(4-5-14)10-7-12(15)9(2)6-11(10)13(16)17-3/h4,6-7,14-15H,5H2,1-3H3/b8-4+. The highest BCUT2D eigenvalue weighted by Gasteiger charge is 2.15. The Morgan fingerprint density at radius 1 is 1.41 bits per heavy atom. The summed E-state index contributed by atoms with van der Waals surface area (Å²) in [5, 5.41) is 18.5. The zero-order valence-electron chi connectivity index (χ0n) is 10.2. The molecule has 4 nitrogen and oxygen atoms in total. The highest BCUT2D eigenvalue weighted by molar-refractivity contribution is 5.95. The van der Waals surface area contributed by atoms with Gasteiger partial charge < -0.3 is 14.9 Å². The normalized spacial score (nSPS) is 11.4. The van der Waals surface area contributed by atoms with Gasteiger partial charge in [-0.25, -0.2) is 4.79 Å². The second kappa shape index (κ2) is 5.50. The average molecular weight is 236 g/mol. The molecule has 0 saturated heterocycles. The van der Waals surface area contributed by atoms with Gasteiger partial charge >= 0.3 is 5.97 Å². The van der Waals surface area contributed by atoms with Gasteiger partial charge in [0.15, 0.2) is 0 Å². The number of methoxy groups -OCH3 is 1. The second-order valence-electron chi connectivity index (χ2n) is 3.75. The van der Waals surface area contributed by atoms with Crippen molar-refractivity contribution in [1.82, 2.24) is 0 Å². The van der Waals surface area contributed by atoms with Gasteiger partial charge in [0, 0.05) is 0 Å². The summed E-state index contributed by atoms with van der Waals surface area (Å²) in [6, 6.07) is 3.08. The Balaban J connectivity index is 3.40. The van der Waals surface area contributed by atoms with E-state index in [9.17, 15) is 9.90 Å². The molecule has 0 radical (unpaired) electrons. The lowest BCUT2D eigenvalue weighted by atomic mass is 9.97. The third kappa shape index (κ3) is 2.85. The van der Waals surface area contributed by atoms with E-state index in [-0.39, 0.29) is 12.4 Å². The van der Waals surface area contributed by atoms with Gasteiger partial charge in [-0.3, -0.25) is 0 Å². The molecule has 0 unspecified atom stereocenters. The second-order valence-corrected chi connectivity index (χ2v) is 3.75. The third-order valence-electron chi connectivity index (χ3n) is 2.56. The minimum Gasteiger partial charge on any atom is -0.508 e. The third-order valence-corrected chi connectivity index (χ3v) is 2.56. The van der Waals surface area contributed by atoms with Crippen molar-refractivity contribution in [3.63, 3.8) is 0 Å². The molecule has 1 rings (SSSR count). The van der Waals surface area contributed by atoms with E-state index >= 15 is 0 Å². The van der Waals surface area contributed by atoms with E-state index in [4.69, 9.17) is 5.11 Å². The predicted octanol–water partition coefficient (Wildman–Crippen LogP) is 1.88. The number of carbonyl (C=O) groups excluding carboxylic acids is 1. The molecule has 92 valence electrons. The van der Waals surface area contributed by atoms with Crippen LogP contribution >= 0.6 is 0 Å². The van der Waals surface area contributed by atoms with Crippen LogP contribution in [0.5, 0.6) is 5.75 Å². The summed E-state index contributed by atoms with van der Waals surface area (Å²) in [4.78, 5) is 11.6. The summed E-state index contributed by atoms with van der Waals surface area (Å²) < 4.78 is 4.69. The van der Waals surface area contributed by atoms with Gasteiger partial charge in [-0.05, 0) is 42.7 Å². The number of carbonyl (C=O) groups is 1. The zero-order chi connectivity index (χ0) is 13.0. The molecule has 0 heterocycles. The summed E-state index contributed by atoms with van der Waals surface area (Å²) in [6.45, 7) is 3.34. The summed E-state index contributed by atoms with van der Waals surface area (Å²) in [5.74, 6) is -0.355. The number of allylic oxidation sites excluding steroid dienone is 1. The smallest absolute Gasteiger partial charge is 0.338 e. The minimum atomic E-state index is -0.464. The average Bonchev–Trinajstić information content (AvgIpc) is 2.31. The number of hydrogen-bond acceptors (Lipinski definition) is 4. The lowest BCUT2D eigenvalue weighted by Crippen LogP contribution is -2.05. The number of rotatable bonds is 3. The van der Waals surface area contributed by atoms with E-state index < -0.39 is 5.97 Å². The number of aliphatic hydroxyl groups excluding tert-OH is 1. The van der Waals surface area contributed by atoms with Crippen LogP contribution in [0.4, 0.5) is 0 Å². The monoisotopic (exact) mass is 236 g/mol. The SMILES string of the molecule is COC(=O)c1cc(C)c(O)cc1/C(C)=C/CO. The van der Waals surface area contributed by atoms with Crippen molar-refractivity contribution < 1.29 is 19.7 Å². The van der Waals surface area contributed by atoms with Crippen LogP contribution in [0.15, 0.2) is 18.2 Å². The first-order chi connectivity index (χ1) is 8.01. The fraction of sp³-hybridized carbons (Fsp3) is 0.308. The molecule has 0 fully saturated rings. The zero-order valence-corrected chi connectivity index (χ0v) is 10.2. The summed E-state index contributed by atoms with van der Waals surface area (Å²) >= 11 is 0. The van der Waals surface area contributed by atoms with E-state index in [1.807, 2.05) is 0 Å². The van der Waals surface area contributed by atoms with Crippen LogP contribution in [0.2, 0.25) is 0 Å². The molecule has 0 aliphatic heterocycles. The van der Waals surface area contributed by atoms with Crippen molar-refractivity contribution in [3.8, 4) is 5.75 Å². The van der Waals surface area contributed by atoms with Crippen LogP contribution in [0, 0.1) is 6.92 Å².